The van der Waals surface area contributed by atoms with Crippen LogP contribution in [-0.2, 0) is 0 Å². The number of likely N-dealkylation sites (tertiary alicyclic amines) is 1. The van der Waals surface area contributed by atoms with E-state index in [0.717, 1.165) is 6.54 Å². The van der Waals surface area contributed by atoms with Gasteiger partial charge >= 0.3 is 0 Å². The number of rotatable bonds is 2. The van der Waals surface area contributed by atoms with Crippen molar-refractivity contribution in [3.05, 3.63) is 0 Å². The van der Waals surface area contributed by atoms with Gasteiger partial charge in [-0.05, 0) is 25.3 Å². The first-order valence-electron chi connectivity index (χ1n) is 4.47. The van der Waals surface area contributed by atoms with Crippen LogP contribution in [0.3, 0.4) is 0 Å². The molecule has 0 spiro atoms. The molecule has 0 unspecified atom stereocenters. The van der Waals surface area contributed by atoms with E-state index in [9.17, 15) is 0 Å². The first-order chi connectivity index (χ1) is 4.99. The van der Waals surface area contributed by atoms with Crippen molar-refractivity contribution in [2.24, 2.45) is 11.1 Å². The predicted molar refractivity (Wildman–Crippen MR) is 48.5 cm³/mol. The summed E-state index contributed by atoms with van der Waals surface area (Å²) in [4.78, 5) is 2.46. The van der Waals surface area contributed by atoms with E-state index in [1.807, 2.05) is 0 Å². The zero-order valence-corrected chi connectivity index (χ0v) is 7.93. The molecule has 11 heavy (non-hydrogen) atoms. The van der Waals surface area contributed by atoms with Crippen LogP contribution in [0.4, 0.5) is 0 Å². The molecule has 2 heteroatoms. The van der Waals surface area contributed by atoms with Crippen molar-refractivity contribution < 1.29 is 0 Å². The number of nitrogens with zero attached hydrogens (tertiary/aromatic N) is 1. The van der Waals surface area contributed by atoms with Crippen LogP contribution < -0.4 is 5.73 Å². The molecule has 0 aliphatic carbocycles. The summed E-state index contributed by atoms with van der Waals surface area (Å²) in [5, 5.41) is 0. The second-order valence-electron chi connectivity index (χ2n) is 4.63. The summed E-state index contributed by atoms with van der Waals surface area (Å²) in [5.41, 5.74) is 6.24. The Bertz CT molecular complexity index is 130. The van der Waals surface area contributed by atoms with Crippen LogP contribution in [0.1, 0.15) is 27.2 Å². The van der Waals surface area contributed by atoms with E-state index < -0.39 is 0 Å². The second-order valence-corrected chi connectivity index (χ2v) is 4.63. The number of hydrogen-bond donors (Lipinski definition) is 1. The molecule has 0 bridgehead atoms. The van der Waals surface area contributed by atoms with E-state index in [1.165, 1.54) is 19.5 Å². The van der Waals surface area contributed by atoms with E-state index in [2.05, 4.69) is 25.7 Å². The van der Waals surface area contributed by atoms with E-state index >= 15 is 0 Å². The number of hydrogen-bond acceptors (Lipinski definition) is 2. The van der Waals surface area contributed by atoms with Crippen LogP contribution >= 0.6 is 0 Å². The van der Waals surface area contributed by atoms with Crippen LogP contribution in [-0.4, -0.2) is 30.6 Å². The molecule has 1 fully saturated rings. The molecule has 0 aromatic carbocycles. The summed E-state index contributed by atoms with van der Waals surface area (Å²) in [6.45, 7) is 10.2. The minimum Gasteiger partial charge on any atom is -0.327 e. The molecular formula is C9H20N2. The van der Waals surface area contributed by atoms with Crippen LogP contribution in [0.5, 0.6) is 0 Å². The summed E-state index contributed by atoms with van der Waals surface area (Å²) < 4.78 is 0. The Morgan fingerprint density at radius 3 is 2.55 bits per heavy atom. The van der Waals surface area contributed by atoms with Crippen LogP contribution in [0.2, 0.25) is 0 Å². The molecule has 0 aromatic heterocycles. The smallest absolute Gasteiger partial charge is 0.0139 e. The maximum absolute atomic E-state index is 5.72. The van der Waals surface area contributed by atoms with Crippen molar-refractivity contribution in [3.63, 3.8) is 0 Å². The lowest BCUT2D eigenvalue weighted by Crippen LogP contribution is -2.34. The van der Waals surface area contributed by atoms with Gasteiger partial charge in [0.2, 0.25) is 0 Å². The van der Waals surface area contributed by atoms with E-state index in [0.29, 0.717) is 11.5 Å². The maximum Gasteiger partial charge on any atom is 0.0139 e. The highest BCUT2D eigenvalue weighted by Crippen LogP contribution is 2.28. The van der Waals surface area contributed by atoms with Gasteiger partial charge in [-0.2, -0.15) is 0 Å². The molecule has 0 saturated carbocycles. The maximum atomic E-state index is 5.72. The fraction of sp³-hybridized carbons (Fsp3) is 1.00. The average Bonchev–Trinajstić information content (AvgIpc) is 2.08. The lowest BCUT2D eigenvalue weighted by atomic mass is 9.93. The summed E-state index contributed by atoms with van der Waals surface area (Å²) in [6, 6.07) is 0.323. The van der Waals surface area contributed by atoms with Gasteiger partial charge in [-0.3, -0.25) is 0 Å². The molecule has 1 atom stereocenters. The molecule has 1 aliphatic rings. The normalized spacial score (nSPS) is 27.3. The third-order valence-corrected chi connectivity index (χ3v) is 2.30. The average molecular weight is 156 g/mol. The standard InChI is InChI=1S/C9H20N2/c1-8(10)6-11-5-4-9(2,3)7-11/h8H,4-7,10H2,1-3H3/t8-/m0/s1. The molecule has 0 amide bonds. The van der Waals surface area contributed by atoms with E-state index in [1.54, 1.807) is 0 Å². The Morgan fingerprint density at radius 2 is 2.18 bits per heavy atom. The quantitative estimate of drug-likeness (QED) is 0.648. The second kappa shape index (κ2) is 3.11. The van der Waals surface area contributed by atoms with Gasteiger partial charge in [0.1, 0.15) is 0 Å². The molecular weight excluding hydrogens is 136 g/mol. The predicted octanol–water partition coefficient (Wildman–Crippen LogP) is 1.07. The molecule has 1 aliphatic heterocycles. The van der Waals surface area contributed by atoms with Crippen molar-refractivity contribution in [1.29, 1.82) is 0 Å². The highest BCUT2D eigenvalue weighted by Gasteiger charge is 2.28. The highest BCUT2D eigenvalue weighted by molar-refractivity contribution is 4.83. The molecule has 1 rings (SSSR count). The molecule has 0 radical (unpaired) electrons. The fourth-order valence-corrected chi connectivity index (χ4v) is 1.79. The minimum atomic E-state index is 0.323. The zero-order chi connectivity index (χ0) is 8.48. The summed E-state index contributed by atoms with van der Waals surface area (Å²) in [6.07, 6.45) is 1.32. The molecule has 66 valence electrons. The summed E-state index contributed by atoms with van der Waals surface area (Å²) in [5.74, 6) is 0. The van der Waals surface area contributed by atoms with Crippen molar-refractivity contribution >= 4 is 0 Å². The molecule has 2 nitrogen and oxygen atoms in total. The molecule has 0 aromatic rings. The fourth-order valence-electron chi connectivity index (χ4n) is 1.79. The van der Waals surface area contributed by atoms with Gasteiger partial charge in [0.25, 0.3) is 0 Å². The Morgan fingerprint density at radius 1 is 1.55 bits per heavy atom. The van der Waals surface area contributed by atoms with Gasteiger partial charge in [-0.1, -0.05) is 13.8 Å². The third-order valence-electron chi connectivity index (χ3n) is 2.30. The van der Waals surface area contributed by atoms with Crippen LogP contribution in [0, 0.1) is 5.41 Å². The van der Waals surface area contributed by atoms with Gasteiger partial charge in [0.05, 0.1) is 0 Å². The summed E-state index contributed by atoms with van der Waals surface area (Å²) >= 11 is 0. The Kier molecular flexibility index (Phi) is 2.55. The van der Waals surface area contributed by atoms with Gasteiger partial charge in [-0.25, -0.2) is 0 Å². The SMILES string of the molecule is C[C@H](N)CN1CCC(C)(C)C1. The summed E-state index contributed by atoms with van der Waals surface area (Å²) in [7, 11) is 0. The van der Waals surface area contributed by atoms with Gasteiger partial charge in [-0.15, -0.1) is 0 Å². The van der Waals surface area contributed by atoms with Crippen molar-refractivity contribution in [3.8, 4) is 0 Å². The molecule has 1 heterocycles. The van der Waals surface area contributed by atoms with Crippen LogP contribution in [0.25, 0.3) is 0 Å². The lowest BCUT2D eigenvalue weighted by Gasteiger charge is -2.20. The first-order valence-corrected chi connectivity index (χ1v) is 4.47. The molecule has 1 saturated heterocycles. The van der Waals surface area contributed by atoms with Crippen molar-refractivity contribution in [2.45, 2.75) is 33.2 Å². The first kappa shape index (κ1) is 9.01. The van der Waals surface area contributed by atoms with Gasteiger partial charge < -0.3 is 10.6 Å². The van der Waals surface area contributed by atoms with E-state index in [4.69, 9.17) is 5.73 Å². The Balaban J connectivity index is 2.31. The molecule has 2 N–H and O–H groups in total. The number of nitrogens with two attached hydrogens (primary N) is 1. The van der Waals surface area contributed by atoms with Crippen molar-refractivity contribution in [2.75, 3.05) is 19.6 Å². The lowest BCUT2D eigenvalue weighted by molar-refractivity contribution is 0.279. The minimum absolute atomic E-state index is 0.323. The van der Waals surface area contributed by atoms with Crippen molar-refractivity contribution in [1.82, 2.24) is 4.90 Å². The van der Waals surface area contributed by atoms with Gasteiger partial charge in [0, 0.05) is 19.1 Å². The monoisotopic (exact) mass is 156 g/mol. The zero-order valence-electron chi connectivity index (χ0n) is 7.93. The third kappa shape index (κ3) is 2.80. The largest absolute Gasteiger partial charge is 0.327 e. The van der Waals surface area contributed by atoms with E-state index in [-0.39, 0.29) is 0 Å². The van der Waals surface area contributed by atoms with Gasteiger partial charge in [0.15, 0.2) is 0 Å². The Hall–Kier alpha value is -0.0800. The topological polar surface area (TPSA) is 29.3 Å². The van der Waals surface area contributed by atoms with Crippen LogP contribution in [0.15, 0.2) is 0 Å². The Labute approximate surface area is 69.8 Å². The highest BCUT2D eigenvalue weighted by atomic mass is 15.2.